The van der Waals surface area contributed by atoms with Gasteiger partial charge in [-0.25, -0.2) is 0 Å². The number of carboxylic acids is 4. The number of hydrogen-bond acceptors (Lipinski definition) is 4. The molecular weight excluding hydrogens is 356 g/mol. The van der Waals surface area contributed by atoms with Gasteiger partial charge >= 0.3 is 23.9 Å². The summed E-state index contributed by atoms with van der Waals surface area (Å²) in [6.45, 7) is 4.08. The Morgan fingerprint density at radius 1 is 0.778 bits per heavy atom. The first-order valence-electron chi connectivity index (χ1n) is 9.51. The van der Waals surface area contributed by atoms with Crippen molar-refractivity contribution in [2.75, 3.05) is 0 Å². The van der Waals surface area contributed by atoms with E-state index in [-0.39, 0.29) is 30.6 Å². The van der Waals surface area contributed by atoms with Crippen LogP contribution in [-0.4, -0.2) is 44.3 Å². The van der Waals surface area contributed by atoms with Crippen LogP contribution in [0.2, 0.25) is 0 Å². The first-order valence-corrected chi connectivity index (χ1v) is 9.51. The molecule has 8 nitrogen and oxygen atoms in total. The van der Waals surface area contributed by atoms with E-state index in [1.807, 2.05) is 13.8 Å². The van der Waals surface area contributed by atoms with E-state index in [0.29, 0.717) is 18.8 Å². The minimum absolute atomic E-state index is 0.0217. The molecule has 0 spiro atoms. The predicted molar refractivity (Wildman–Crippen MR) is 95.2 cm³/mol. The second kappa shape index (κ2) is 10.3. The minimum Gasteiger partial charge on any atom is -0.481 e. The maximum atomic E-state index is 11.2. The summed E-state index contributed by atoms with van der Waals surface area (Å²) in [5.41, 5.74) is 0. The first kappa shape index (κ1) is 22.9. The van der Waals surface area contributed by atoms with Gasteiger partial charge in [0.1, 0.15) is 0 Å². The zero-order chi connectivity index (χ0) is 20.7. The summed E-state index contributed by atoms with van der Waals surface area (Å²) in [5, 5.41) is 36.4. The maximum Gasteiger partial charge on any atom is 0.317 e. The molecule has 0 radical (unpaired) electrons. The van der Waals surface area contributed by atoms with Crippen molar-refractivity contribution in [1.29, 1.82) is 0 Å². The summed E-state index contributed by atoms with van der Waals surface area (Å²) in [6.07, 6.45) is 3.69. The molecule has 154 valence electrons. The maximum absolute atomic E-state index is 11.2. The first-order chi connectivity index (χ1) is 12.6. The van der Waals surface area contributed by atoms with Gasteiger partial charge in [0, 0.05) is 0 Å². The van der Waals surface area contributed by atoms with Crippen LogP contribution in [0.15, 0.2) is 0 Å². The van der Waals surface area contributed by atoms with Crippen molar-refractivity contribution in [2.24, 2.45) is 35.5 Å². The molecule has 0 saturated heterocycles. The third-order valence-electron chi connectivity index (χ3n) is 6.17. The van der Waals surface area contributed by atoms with E-state index in [0.717, 1.165) is 19.3 Å². The van der Waals surface area contributed by atoms with E-state index in [9.17, 15) is 19.2 Å². The van der Waals surface area contributed by atoms with Crippen LogP contribution < -0.4 is 0 Å². The third-order valence-corrected chi connectivity index (χ3v) is 6.17. The number of aliphatic carboxylic acids is 4. The number of carboxylic acid groups (broad SMARTS) is 4. The largest absolute Gasteiger partial charge is 0.481 e. The van der Waals surface area contributed by atoms with Gasteiger partial charge in [0.2, 0.25) is 0 Å². The molecule has 1 aliphatic rings. The van der Waals surface area contributed by atoms with Gasteiger partial charge in [-0.3, -0.25) is 19.2 Å². The molecule has 0 aromatic carbocycles. The standard InChI is InChI=1S/C19H30O8/c1-3-11-5-4-10(2)12(6-8-14(16(20)21)17(22)23)13(11)7-9-15(18(24)25)19(26)27/h10-15H,3-9H2,1-2H3,(H,20,21)(H,22,23)(H,24,25)(H,26,27). The zero-order valence-electron chi connectivity index (χ0n) is 15.8. The molecule has 4 atom stereocenters. The van der Waals surface area contributed by atoms with Crippen LogP contribution in [-0.2, 0) is 19.2 Å². The second-order valence-corrected chi connectivity index (χ2v) is 7.66. The molecule has 1 saturated carbocycles. The van der Waals surface area contributed by atoms with Crippen molar-refractivity contribution in [2.45, 2.75) is 58.8 Å². The van der Waals surface area contributed by atoms with Crippen LogP contribution in [0.5, 0.6) is 0 Å². The van der Waals surface area contributed by atoms with Crippen molar-refractivity contribution < 1.29 is 39.6 Å². The van der Waals surface area contributed by atoms with Crippen molar-refractivity contribution in [1.82, 2.24) is 0 Å². The van der Waals surface area contributed by atoms with Crippen molar-refractivity contribution in [3.8, 4) is 0 Å². The van der Waals surface area contributed by atoms with Gasteiger partial charge in [0.05, 0.1) is 0 Å². The number of hydrogen-bond donors (Lipinski definition) is 4. The van der Waals surface area contributed by atoms with Gasteiger partial charge in [0.25, 0.3) is 0 Å². The Morgan fingerprint density at radius 3 is 1.56 bits per heavy atom. The SMILES string of the molecule is CCC1CCC(C)C(CCC(C(=O)O)C(=O)O)C1CCC(C(=O)O)C(=O)O. The Morgan fingerprint density at radius 2 is 1.19 bits per heavy atom. The van der Waals surface area contributed by atoms with E-state index in [1.54, 1.807) is 0 Å². The average Bonchev–Trinajstić information content (AvgIpc) is 2.55. The predicted octanol–water partition coefficient (Wildman–Crippen LogP) is 2.81. The lowest BCUT2D eigenvalue weighted by Crippen LogP contribution is -2.36. The second-order valence-electron chi connectivity index (χ2n) is 7.66. The van der Waals surface area contributed by atoms with E-state index in [2.05, 4.69) is 0 Å². The smallest absolute Gasteiger partial charge is 0.317 e. The molecule has 0 aliphatic heterocycles. The fourth-order valence-corrected chi connectivity index (χ4v) is 4.56. The molecule has 8 heteroatoms. The van der Waals surface area contributed by atoms with Crippen LogP contribution in [0.25, 0.3) is 0 Å². The molecule has 0 amide bonds. The van der Waals surface area contributed by atoms with Gasteiger partial charge in [-0.1, -0.05) is 26.7 Å². The monoisotopic (exact) mass is 386 g/mol. The van der Waals surface area contributed by atoms with Crippen LogP contribution in [0.3, 0.4) is 0 Å². The van der Waals surface area contributed by atoms with Crippen molar-refractivity contribution >= 4 is 23.9 Å². The molecule has 4 N–H and O–H groups in total. The molecule has 1 fully saturated rings. The molecule has 1 aliphatic carbocycles. The highest BCUT2D eigenvalue weighted by Gasteiger charge is 2.39. The summed E-state index contributed by atoms with van der Waals surface area (Å²) in [6, 6.07) is 0. The van der Waals surface area contributed by atoms with Gasteiger partial charge in [-0.05, 0) is 55.8 Å². The Balaban J connectivity index is 2.91. The van der Waals surface area contributed by atoms with Gasteiger partial charge in [-0.2, -0.15) is 0 Å². The lowest BCUT2D eigenvalue weighted by molar-refractivity contribution is -0.157. The van der Waals surface area contributed by atoms with Gasteiger partial charge < -0.3 is 20.4 Å². The lowest BCUT2D eigenvalue weighted by Gasteiger charge is -2.43. The summed E-state index contributed by atoms with van der Waals surface area (Å²) < 4.78 is 0. The topological polar surface area (TPSA) is 149 Å². The Hall–Kier alpha value is -2.12. The van der Waals surface area contributed by atoms with Crippen LogP contribution in [0, 0.1) is 35.5 Å². The van der Waals surface area contributed by atoms with Gasteiger partial charge in [0.15, 0.2) is 11.8 Å². The van der Waals surface area contributed by atoms with Crippen molar-refractivity contribution in [3.63, 3.8) is 0 Å². The number of carbonyl (C=O) groups is 4. The van der Waals surface area contributed by atoms with Gasteiger partial charge in [-0.15, -0.1) is 0 Å². The summed E-state index contributed by atoms with van der Waals surface area (Å²) in [7, 11) is 0. The third kappa shape index (κ3) is 6.22. The Labute approximate surface area is 158 Å². The highest BCUT2D eigenvalue weighted by atomic mass is 16.4. The molecule has 1 rings (SSSR count). The molecular formula is C19H30O8. The molecule has 0 heterocycles. The van der Waals surface area contributed by atoms with Crippen LogP contribution >= 0.6 is 0 Å². The molecule has 0 aromatic rings. The van der Waals surface area contributed by atoms with Crippen molar-refractivity contribution in [3.05, 3.63) is 0 Å². The molecule has 4 unspecified atom stereocenters. The van der Waals surface area contributed by atoms with E-state index < -0.39 is 35.7 Å². The summed E-state index contributed by atoms with van der Waals surface area (Å²) >= 11 is 0. The number of rotatable bonds is 11. The molecule has 27 heavy (non-hydrogen) atoms. The fourth-order valence-electron chi connectivity index (χ4n) is 4.56. The lowest BCUT2D eigenvalue weighted by atomic mass is 9.62. The van der Waals surface area contributed by atoms with Crippen LogP contribution in [0.4, 0.5) is 0 Å². The Bertz CT molecular complexity index is 530. The quantitative estimate of drug-likeness (QED) is 0.396. The normalized spacial score (nSPS) is 25.5. The highest BCUT2D eigenvalue weighted by Crippen LogP contribution is 2.45. The minimum atomic E-state index is -1.45. The molecule has 0 bridgehead atoms. The van der Waals surface area contributed by atoms with Crippen LogP contribution in [0.1, 0.15) is 58.8 Å². The zero-order valence-corrected chi connectivity index (χ0v) is 15.8. The summed E-state index contributed by atoms with van der Waals surface area (Å²) in [5.74, 6) is -7.62. The molecule has 0 aromatic heterocycles. The Kier molecular flexibility index (Phi) is 8.72. The van der Waals surface area contributed by atoms with E-state index in [1.165, 1.54) is 0 Å². The van der Waals surface area contributed by atoms with E-state index in [4.69, 9.17) is 20.4 Å². The fraction of sp³-hybridized carbons (Fsp3) is 0.789. The summed E-state index contributed by atoms with van der Waals surface area (Å²) in [4.78, 5) is 44.6. The highest BCUT2D eigenvalue weighted by molar-refractivity contribution is 5.93. The average molecular weight is 386 g/mol. The van der Waals surface area contributed by atoms with E-state index >= 15 is 0 Å².